The van der Waals surface area contributed by atoms with Crippen LogP contribution in [-0.4, -0.2) is 48.9 Å². The Labute approximate surface area is 136 Å². The second-order valence-electron chi connectivity index (χ2n) is 5.13. The van der Waals surface area contributed by atoms with E-state index < -0.39 is 54.1 Å². The van der Waals surface area contributed by atoms with Crippen molar-refractivity contribution in [3.8, 4) is 0 Å². The van der Waals surface area contributed by atoms with Crippen LogP contribution in [-0.2, 0) is 9.53 Å². The lowest BCUT2D eigenvalue weighted by Crippen LogP contribution is -2.70. The summed E-state index contributed by atoms with van der Waals surface area (Å²) in [6.45, 7) is 0.413. The fourth-order valence-corrected chi connectivity index (χ4v) is 1.60. The minimum atomic E-state index is -7.94. The standard InChI is InChI=1S/C11H9F13O2/c1-4(5(25)26-2)3-6(12,13)7(14,15)8(16,17)9(18,19)10(20,21)11(22,23)24/h4H,3H2,1-2H3. The topological polar surface area (TPSA) is 26.3 Å². The highest BCUT2D eigenvalue weighted by atomic mass is 19.4. The third-order valence-electron chi connectivity index (χ3n) is 3.16. The second kappa shape index (κ2) is 6.62. The summed E-state index contributed by atoms with van der Waals surface area (Å²) in [5.41, 5.74) is 0. The summed E-state index contributed by atoms with van der Waals surface area (Å²) in [5, 5.41) is 0. The normalized spacial score (nSPS) is 16.4. The molecule has 26 heavy (non-hydrogen) atoms. The van der Waals surface area contributed by atoms with Gasteiger partial charge in [-0.2, -0.15) is 57.1 Å². The molecule has 0 bridgehead atoms. The van der Waals surface area contributed by atoms with E-state index in [9.17, 15) is 61.9 Å². The molecular formula is C11H9F13O2. The Morgan fingerprint density at radius 1 is 0.731 bits per heavy atom. The van der Waals surface area contributed by atoms with E-state index in [1.165, 1.54) is 0 Å². The first-order chi connectivity index (χ1) is 11.1. The predicted molar refractivity (Wildman–Crippen MR) is 56.6 cm³/mol. The molecule has 0 aliphatic carbocycles. The number of carbonyl (C=O) groups is 1. The lowest BCUT2D eigenvalue weighted by Gasteiger charge is -2.40. The van der Waals surface area contributed by atoms with Crippen molar-refractivity contribution >= 4 is 5.97 Å². The van der Waals surface area contributed by atoms with Crippen LogP contribution in [0.1, 0.15) is 13.3 Å². The molecule has 0 aromatic heterocycles. The van der Waals surface area contributed by atoms with Gasteiger partial charge in [-0.1, -0.05) is 6.92 Å². The molecule has 1 atom stereocenters. The fourth-order valence-electron chi connectivity index (χ4n) is 1.60. The summed E-state index contributed by atoms with van der Waals surface area (Å²) in [6.07, 6.45) is -10.1. The Bertz CT molecular complexity index is 523. The molecule has 1 unspecified atom stereocenters. The maximum absolute atomic E-state index is 13.4. The largest absolute Gasteiger partial charge is 0.469 e. The number of alkyl halides is 13. The highest BCUT2D eigenvalue weighted by Gasteiger charge is 2.90. The van der Waals surface area contributed by atoms with E-state index in [1.807, 2.05) is 0 Å². The molecule has 0 saturated carbocycles. The van der Waals surface area contributed by atoms with Crippen LogP contribution >= 0.6 is 0 Å². The van der Waals surface area contributed by atoms with Gasteiger partial charge in [-0.15, -0.1) is 0 Å². The Morgan fingerprint density at radius 2 is 1.08 bits per heavy atom. The van der Waals surface area contributed by atoms with Gasteiger partial charge in [0, 0.05) is 6.42 Å². The van der Waals surface area contributed by atoms with E-state index in [0.29, 0.717) is 14.0 Å². The summed E-state index contributed by atoms with van der Waals surface area (Å²) in [4.78, 5) is 10.8. The van der Waals surface area contributed by atoms with E-state index in [2.05, 4.69) is 4.74 Å². The number of hydrogen-bond acceptors (Lipinski definition) is 2. The van der Waals surface area contributed by atoms with Crippen molar-refractivity contribution in [2.75, 3.05) is 7.11 Å². The molecule has 0 amide bonds. The van der Waals surface area contributed by atoms with Crippen molar-refractivity contribution in [3.05, 3.63) is 0 Å². The summed E-state index contributed by atoms with van der Waals surface area (Å²) in [5.74, 6) is -41.2. The zero-order valence-electron chi connectivity index (χ0n) is 12.5. The van der Waals surface area contributed by atoms with Crippen LogP contribution in [0, 0.1) is 5.92 Å². The van der Waals surface area contributed by atoms with Crippen LogP contribution in [0.25, 0.3) is 0 Å². The van der Waals surface area contributed by atoms with Crippen molar-refractivity contribution in [1.29, 1.82) is 0 Å². The molecule has 0 aliphatic rings. The Morgan fingerprint density at radius 3 is 1.38 bits per heavy atom. The first-order valence-electron chi connectivity index (χ1n) is 6.15. The van der Waals surface area contributed by atoms with Gasteiger partial charge in [0.15, 0.2) is 0 Å². The summed E-state index contributed by atoms with van der Waals surface area (Å²) >= 11 is 0. The zero-order valence-corrected chi connectivity index (χ0v) is 12.5. The molecule has 0 spiro atoms. The first kappa shape index (κ1) is 24.6. The van der Waals surface area contributed by atoms with Gasteiger partial charge in [-0.05, 0) is 0 Å². The van der Waals surface area contributed by atoms with Crippen molar-refractivity contribution < 1.29 is 66.6 Å². The smallest absolute Gasteiger partial charge is 0.460 e. The van der Waals surface area contributed by atoms with E-state index in [-0.39, 0.29) is 0 Å². The Hall–Kier alpha value is -1.44. The molecule has 156 valence electrons. The van der Waals surface area contributed by atoms with Crippen LogP contribution in [0.2, 0.25) is 0 Å². The van der Waals surface area contributed by atoms with Crippen LogP contribution in [0.15, 0.2) is 0 Å². The summed E-state index contributed by atoms with van der Waals surface area (Å²) in [6, 6.07) is 0. The number of esters is 1. The van der Waals surface area contributed by atoms with Crippen LogP contribution in [0.3, 0.4) is 0 Å². The number of methoxy groups -OCH3 is 1. The molecule has 0 heterocycles. The number of hydrogen-bond donors (Lipinski definition) is 0. The lowest BCUT2D eigenvalue weighted by molar-refractivity contribution is -0.440. The molecule has 0 rings (SSSR count). The Kier molecular flexibility index (Phi) is 6.25. The molecule has 0 radical (unpaired) electrons. The average Bonchev–Trinajstić information content (AvgIpc) is 2.43. The molecule has 0 saturated heterocycles. The van der Waals surface area contributed by atoms with Gasteiger partial charge >= 0.3 is 41.8 Å². The minimum Gasteiger partial charge on any atom is -0.469 e. The van der Waals surface area contributed by atoms with E-state index >= 15 is 0 Å². The molecular weight excluding hydrogens is 411 g/mol. The molecule has 0 fully saturated rings. The van der Waals surface area contributed by atoms with Gasteiger partial charge < -0.3 is 4.74 Å². The third kappa shape index (κ3) is 3.52. The first-order valence-corrected chi connectivity index (χ1v) is 6.15. The predicted octanol–water partition coefficient (Wildman–Crippen LogP) is 4.92. The molecule has 15 heteroatoms. The van der Waals surface area contributed by atoms with Gasteiger partial charge in [-0.3, -0.25) is 4.79 Å². The highest BCUT2D eigenvalue weighted by Crippen LogP contribution is 2.60. The van der Waals surface area contributed by atoms with Crippen LogP contribution < -0.4 is 0 Å². The number of carbonyl (C=O) groups excluding carboxylic acids is 1. The second-order valence-corrected chi connectivity index (χ2v) is 5.13. The highest BCUT2D eigenvalue weighted by molar-refractivity contribution is 5.71. The third-order valence-corrected chi connectivity index (χ3v) is 3.16. The molecule has 0 aromatic rings. The van der Waals surface area contributed by atoms with E-state index in [0.717, 1.165) is 0 Å². The van der Waals surface area contributed by atoms with Crippen molar-refractivity contribution in [3.63, 3.8) is 0 Å². The van der Waals surface area contributed by atoms with E-state index in [4.69, 9.17) is 0 Å². The maximum atomic E-state index is 13.4. The lowest BCUT2D eigenvalue weighted by atomic mass is 9.89. The zero-order chi connectivity index (χ0) is 21.6. The quantitative estimate of drug-likeness (QED) is 0.432. The van der Waals surface area contributed by atoms with Crippen molar-refractivity contribution in [1.82, 2.24) is 0 Å². The molecule has 2 nitrogen and oxygen atoms in total. The molecule has 0 aromatic carbocycles. The molecule has 0 aliphatic heterocycles. The van der Waals surface area contributed by atoms with Crippen LogP contribution in [0.5, 0.6) is 0 Å². The monoisotopic (exact) mass is 420 g/mol. The van der Waals surface area contributed by atoms with Gasteiger partial charge in [0.05, 0.1) is 13.0 Å². The average molecular weight is 420 g/mol. The number of ether oxygens (including phenoxy) is 1. The van der Waals surface area contributed by atoms with Crippen LogP contribution in [0.4, 0.5) is 57.1 Å². The van der Waals surface area contributed by atoms with Gasteiger partial charge in [0.1, 0.15) is 0 Å². The molecule has 0 N–H and O–H groups in total. The minimum absolute atomic E-state index is 0.413. The SMILES string of the molecule is COC(=O)C(C)CC(F)(F)C(F)(F)C(F)(F)C(F)(F)C(F)(F)C(F)(F)F. The summed E-state index contributed by atoms with van der Waals surface area (Å²) in [7, 11) is 0.557. The Balaban J connectivity index is 6.12. The number of halogens is 13. The maximum Gasteiger partial charge on any atom is 0.460 e. The van der Waals surface area contributed by atoms with Crippen molar-refractivity contribution in [2.24, 2.45) is 5.92 Å². The fraction of sp³-hybridized carbons (Fsp3) is 0.909. The van der Waals surface area contributed by atoms with E-state index in [1.54, 1.807) is 0 Å². The van der Waals surface area contributed by atoms with Gasteiger partial charge in [0.2, 0.25) is 0 Å². The summed E-state index contributed by atoms with van der Waals surface area (Å²) < 4.78 is 170. The van der Waals surface area contributed by atoms with Gasteiger partial charge in [-0.25, -0.2) is 0 Å². The van der Waals surface area contributed by atoms with Gasteiger partial charge in [0.25, 0.3) is 0 Å². The number of rotatable bonds is 7. The van der Waals surface area contributed by atoms with Crippen molar-refractivity contribution in [2.45, 2.75) is 49.1 Å².